The molecule has 0 saturated carbocycles. The molecular weight excluding hydrogens is 465 g/mol. The summed E-state index contributed by atoms with van der Waals surface area (Å²) in [6.07, 6.45) is -2.43. The number of nitrogens with two attached hydrogens (primary N) is 1. The van der Waals surface area contributed by atoms with Crippen LogP contribution in [0, 0.1) is 11.3 Å². The fourth-order valence-electron chi connectivity index (χ4n) is 3.35. The second-order valence-corrected chi connectivity index (χ2v) is 9.23. The number of hydrogen-bond donors (Lipinski definition) is 3. The van der Waals surface area contributed by atoms with Crippen LogP contribution >= 0.6 is 0 Å². The minimum Gasteiger partial charge on any atom is -0.507 e. The summed E-state index contributed by atoms with van der Waals surface area (Å²) in [6, 6.07) is 10.6. The predicted octanol–water partition coefficient (Wildman–Crippen LogP) is 2.68. The number of aliphatic carboxylic acids is 1. The van der Waals surface area contributed by atoms with Crippen molar-refractivity contribution in [3.05, 3.63) is 41.5 Å². The van der Waals surface area contributed by atoms with Gasteiger partial charge in [-0.2, -0.15) is 18.4 Å². The number of pyridine rings is 1. The highest BCUT2D eigenvalue weighted by atomic mass is 32.2. The molecule has 1 aromatic heterocycles. The highest BCUT2D eigenvalue weighted by molar-refractivity contribution is 7.88. The Morgan fingerprint density at radius 2 is 1.94 bits per heavy atom. The van der Waals surface area contributed by atoms with E-state index in [9.17, 15) is 32.0 Å². The number of sulfonamides is 1. The summed E-state index contributed by atoms with van der Waals surface area (Å²) < 4.78 is 57.0. The molecule has 1 fully saturated rings. The molecule has 9 nitrogen and oxygen atoms in total. The topological polar surface area (TPSA) is 158 Å². The van der Waals surface area contributed by atoms with Gasteiger partial charge in [0.25, 0.3) is 0 Å². The van der Waals surface area contributed by atoms with Gasteiger partial charge in [-0.15, -0.1) is 0 Å². The van der Waals surface area contributed by atoms with Gasteiger partial charge in [-0.05, 0) is 42.5 Å². The molecule has 13 heteroatoms. The van der Waals surface area contributed by atoms with Crippen LogP contribution in [-0.2, 0) is 14.8 Å². The summed E-state index contributed by atoms with van der Waals surface area (Å²) >= 11 is 0. The first kappa shape index (κ1) is 25.9. The number of carboxylic acids is 1. The number of piperidine rings is 1. The van der Waals surface area contributed by atoms with Crippen LogP contribution in [0.3, 0.4) is 0 Å². The van der Waals surface area contributed by atoms with E-state index in [1.165, 1.54) is 10.6 Å². The van der Waals surface area contributed by atoms with E-state index in [1.54, 1.807) is 30.3 Å². The number of halogens is 3. The molecule has 178 valence electrons. The number of hydrogen-bond acceptors (Lipinski definition) is 7. The molecule has 1 aromatic carbocycles. The number of nitrogen functional groups attached to an aromatic ring is 1. The molecule has 3 rings (SSSR count). The molecule has 0 bridgehead atoms. The van der Waals surface area contributed by atoms with Crippen LogP contribution < -0.4 is 5.73 Å². The Balaban J connectivity index is 0.000000479. The molecule has 1 unspecified atom stereocenters. The van der Waals surface area contributed by atoms with Crippen molar-refractivity contribution in [2.45, 2.75) is 24.9 Å². The van der Waals surface area contributed by atoms with Gasteiger partial charge >= 0.3 is 12.1 Å². The average Bonchev–Trinajstić information content (AvgIpc) is 2.73. The minimum atomic E-state index is -5.08. The third kappa shape index (κ3) is 6.56. The Hall–Kier alpha value is -3.37. The van der Waals surface area contributed by atoms with E-state index in [0.717, 1.165) is 6.42 Å². The lowest BCUT2D eigenvalue weighted by atomic mass is 9.88. The van der Waals surface area contributed by atoms with Crippen molar-refractivity contribution in [1.29, 1.82) is 5.26 Å². The number of benzene rings is 1. The first-order valence-corrected chi connectivity index (χ1v) is 11.3. The summed E-state index contributed by atoms with van der Waals surface area (Å²) in [6.45, 7) is 0.779. The lowest BCUT2D eigenvalue weighted by Crippen LogP contribution is -2.38. The average molecular weight is 486 g/mol. The maximum Gasteiger partial charge on any atom is 0.490 e. The predicted molar refractivity (Wildman–Crippen MR) is 113 cm³/mol. The van der Waals surface area contributed by atoms with Crippen LogP contribution in [0.4, 0.5) is 19.0 Å². The smallest absolute Gasteiger partial charge is 0.490 e. The molecule has 1 atom stereocenters. The number of phenols is 1. The molecular formula is C20H21F3N4O5S. The number of anilines is 1. The number of phenolic OH excluding ortho intramolecular Hbond substituents is 1. The molecule has 0 amide bonds. The SMILES string of the molecule is CS(=O)(=O)N1CCCC(c2cc(-c3ccccc3O)nc(N)c2C#N)C1.O=C(O)C(F)(F)F. The minimum absolute atomic E-state index is 0.0662. The zero-order chi connectivity index (χ0) is 25.0. The number of nitrogens with zero attached hydrogens (tertiary/aromatic N) is 3. The highest BCUT2D eigenvalue weighted by Gasteiger charge is 2.38. The molecule has 1 saturated heterocycles. The third-order valence-corrected chi connectivity index (χ3v) is 6.17. The maximum atomic E-state index is 11.9. The molecule has 0 aliphatic carbocycles. The third-order valence-electron chi connectivity index (χ3n) is 4.91. The zero-order valence-electron chi connectivity index (χ0n) is 17.4. The summed E-state index contributed by atoms with van der Waals surface area (Å²) in [5.41, 5.74) is 7.92. The monoisotopic (exact) mass is 486 g/mol. The van der Waals surface area contributed by atoms with E-state index in [4.69, 9.17) is 15.6 Å². The van der Waals surface area contributed by atoms with Crippen molar-refractivity contribution in [3.8, 4) is 23.1 Å². The number of aromatic nitrogens is 1. The Bertz CT molecular complexity index is 1180. The second kappa shape index (κ2) is 10.1. The van der Waals surface area contributed by atoms with Crippen LogP contribution in [0.1, 0.15) is 29.9 Å². The van der Waals surface area contributed by atoms with Crippen molar-refractivity contribution in [3.63, 3.8) is 0 Å². The molecule has 1 aliphatic heterocycles. The van der Waals surface area contributed by atoms with Gasteiger partial charge in [-0.3, -0.25) is 0 Å². The number of alkyl halides is 3. The number of nitriles is 1. The summed E-state index contributed by atoms with van der Waals surface area (Å²) in [4.78, 5) is 13.2. The van der Waals surface area contributed by atoms with Gasteiger partial charge < -0.3 is 15.9 Å². The number of rotatable bonds is 3. The molecule has 2 aromatic rings. The first-order chi connectivity index (χ1) is 15.3. The fraction of sp³-hybridized carbons (Fsp3) is 0.350. The van der Waals surface area contributed by atoms with Gasteiger partial charge in [0.05, 0.1) is 17.5 Å². The van der Waals surface area contributed by atoms with E-state index in [2.05, 4.69) is 11.1 Å². The maximum absolute atomic E-state index is 11.9. The first-order valence-electron chi connectivity index (χ1n) is 9.49. The zero-order valence-corrected chi connectivity index (χ0v) is 18.2. The van der Waals surface area contributed by atoms with Crippen molar-refractivity contribution in [2.24, 2.45) is 0 Å². The Morgan fingerprint density at radius 1 is 1.33 bits per heavy atom. The van der Waals surface area contributed by atoms with E-state index in [0.29, 0.717) is 36.3 Å². The quantitative estimate of drug-likeness (QED) is 0.597. The fourth-order valence-corrected chi connectivity index (χ4v) is 4.27. The van der Waals surface area contributed by atoms with Crippen molar-refractivity contribution >= 4 is 21.8 Å². The number of aromatic hydroxyl groups is 1. The Labute approximate surface area is 187 Å². The van der Waals surface area contributed by atoms with Gasteiger partial charge in [0.2, 0.25) is 10.0 Å². The lowest BCUT2D eigenvalue weighted by Gasteiger charge is -2.31. The van der Waals surface area contributed by atoms with Crippen LogP contribution in [0.25, 0.3) is 11.3 Å². The summed E-state index contributed by atoms with van der Waals surface area (Å²) in [5, 5.41) is 26.7. The van der Waals surface area contributed by atoms with E-state index in [1.807, 2.05) is 0 Å². The molecule has 2 heterocycles. The van der Waals surface area contributed by atoms with E-state index in [-0.39, 0.29) is 23.0 Å². The molecule has 1 aliphatic rings. The van der Waals surface area contributed by atoms with Crippen molar-refractivity contribution < 1.29 is 36.6 Å². The van der Waals surface area contributed by atoms with Crippen LogP contribution in [0.15, 0.2) is 30.3 Å². The second-order valence-electron chi connectivity index (χ2n) is 7.25. The van der Waals surface area contributed by atoms with Crippen molar-refractivity contribution in [1.82, 2.24) is 9.29 Å². The van der Waals surface area contributed by atoms with Crippen LogP contribution in [-0.4, -0.2) is 59.4 Å². The normalized spacial score (nSPS) is 16.9. The molecule has 0 spiro atoms. The molecule has 0 radical (unpaired) electrons. The lowest BCUT2D eigenvalue weighted by molar-refractivity contribution is -0.192. The van der Waals surface area contributed by atoms with Crippen molar-refractivity contribution in [2.75, 3.05) is 25.1 Å². The Morgan fingerprint density at radius 3 is 2.45 bits per heavy atom. The van der Waals surface area contributed by atoms with Gasteiger partial charge in [0, 0.05) is 18.7 Å². The standard InChI is InChI=1S/C18H20N4O3S.C2HF3O2/c1-26(24,25)22-8-4-5-12(11-22)14-9-16(21-18(20)15(14)10-19)13-6-2-3-7-17(13)23;3-2(4,5)1(6)7/h2-3,6-7,9,12,23H,4-5,8,11H2,1H3,(H2,20,21);(H,6,7). The number of carboxylic acid groups (broad SMARTS) is 1. The van der Waals surface area contributed by atoms with Gasteiger partial charge in [-0.25, -0.2) is 22.5 Å². The summed E-state index contributed by atoms with van der Waals surface area (Å²) in [5.74, 6) is -2.76. The van der Waals surface area contributed by atoms with E-state index >= 15 is 0 Å². The largest absolute Gasteiger partial charge is 0.507 e. The van der Waals surface area contributed by atoms with E-state index < -0.39 is 22.2 Å². The number of para-hydroxylation sites is 1. The molecule has 4 N–H and O–H groups in total. The van der Waals surface area contributed by atoms with Gasteiger partial charge in [0.15, 0.2) is 0 Å². The number of carbonyl (C=O) groups is 1. The molecule has 33 heavy (non-hydrogen) atoms. The summed E-state index contributed by atoms with van der Waals surface area (Å²) in [7, 11) is -3.30. The van der Waals surface area contributed by atoms with Crippen LogP contribution in [0.5, 0.6) is 5.75 Å². The van der Waals surface area contributed by atoms with Crippen LogP contribution in [0.2, 0.25) is 0 Å². The van der Waals surface area contributed by atoms with Gasteiger partial charge in [-0.1, -0.05) is 12.1 Å². The van der Waals surface area contributed by atoms with Gasteiger partial charge in [0.1, 0.15) is 17.6 Å². The Kier molecular flexibility index (Phi) is 7.89. The highest BCUT2D eigenvalue weighted by Crippen LogP contribution is 2.36.